The van der Waals surface area contributed by atoms with Gasteiger partial charge in [-0.05, 0) is 48.8 Å². The van der Waals surface area contributed by atoms with Crippen LogP contribution in [0.4, 0.5) is 0 Å². The highest BCUT2D eigenvalue weighted by molar-refractivity contribution is 5.85. The minimum atomic E-state index is 0. The van der Waals surface area contributed by atoms with Crippen molar-refractivity contribution in [1.29, 1.82) is 0 Å². The van der Waals surface area contributed by atoms with Gasteiger partial charge >= 0.3 is 0 Å². The molecule has 2 unspecified atom stereocenters. The molecule has 1 amide bonds. The summed E-state index contributed by atoms with van der Waals surface area (Å²) in [5.74, 6) is 0.721. The summed E-state index contributed by atoms with van der Waals surface area (Å²) >= 11 is 0. The summed E-state index contributed by atoms with van der Waals surface area (Å²) in [4.78, 5) is 12.4. The molecule has 0 aliphatic carbocycles. The first kappa shape index (κ1) is 18.9. The molecule has 5 nitrogen and oxygen atoms in total. The van der Waals surface area contributed by atoms with Crippen LogP contribution in [0.3, 0.4) is 0 Å². The van der Waals surface area contributed by atoms with Crippen LogP contribution in [0.2, 0.25) is 0 Å². The summed E-state index contributed by atoms with van der Waals surface area (Å²) in [7, 11) is 0. The van der Waals surface area contributed by atoms with Gasteiger partial charge in [-0.15, -0.1) is 12.4 Å². The average Bonchev–Trinajstić information content (AvgIpc) is 3.24. The molecule has 4 rings (SSSR count). The Balaban J connectivity index is 0.00000196. The first-order valence-corrected chi connectivity index (χ1v) is 9.33. The zero-order valence-corrected chi connectivity index (χ0v) is 15.8. The molecule has 6 heteroatoms. The molecule has 1 aromatic heterocycles. The number of aromatic nitrogens is 2. The molecule has 2 aliphatic heterocycles. The quantitative estimate of drug-likeness (QED) is 0.817. The molecule has 0 spiro atoms. The molecule has 2 fully saturated rings. The van der Waals surface area contributed by atoms with Crippen LogP contribution in [0, 0.1) is 5.92 Å². The summed E-state index contributed by atoms with van der Waals surface area (Å²) < 4.78 is 1.91. The van der Waals surface area contributed by atoms with Gasteiger partial charge in [0.2, 0.25) is 5.91 Å². The highest BCUT2D eigenvalue weighted by atomic mass is 35.5. The second-order valence-corrected chi connectivity index (χ2v) is 7.43. The second-order valence-electron chi connectivity index (χ2n) is 7.43. The van der Waals surface area contributed by atoms with Crippen LogP contribution in [-0.2, 0) is 17.9 Å². The molecule has 2 bridgehead atoms. The van der Waals surface area contributed by atoms with Gasteiger partial charge in [-0.25, -0.2) is 0 Å². The number of carbonyl (C=O) groups is 1. The van der Waals surface area contributed by atoms with E-state index in [1.165, 1.54) is 18.4 Å². The largest absolute Gasteiger partial charge is 0.352 e. The van der Waals surface area contributed by atoms with Gasteiger partial charge in [-0.1, -0.05) is 24.3 Å². The standard InChI is InChI=1S/C20H26N4O.ClH/c25-20(12-15-10-18-6-7-19(11-15)23-18)21-13-16-4-1-2-5-17(16)14-24-9-3-8-22-24;/h1-5,8-9,15,18-19,23H,6-7,10-14H2,(H,21,25);1H. The van der Waals surface area contributed by atoms with E-state index < -0.39 is 0 Å². The van der Waals surface area contributed by atoms with Gasteiger partial charge in [-0.2, -0.15) is 5.10 Å². The number of nitrogens with zero attached hydrogens (tertiary/aromatic N) is 2. The van der Waals surface area contributed by atoms with Crippen molar-refractivity contribution in [3.63, 3.8) is 0 Å². The number of carbonyl (C=O) groups excluding carboxylic acids is 1. The van der Waals surface area contributed by atoms with Crippen molar-refractivity contribution in [1.82, 2.24) is 20.4 Å². The Kier molecular flexibility index (Phi) is 6.33. The Hall–Kier alpha value is -1.85. The predicted molar refractivity (Wildman–Crippen MR) is 104 cm³/mol. The number of fused-ring (bicyclic) bond motifs is 2. The van der Waals surface area contributed by atoms with Gasteiger partial charge in [0.1, 0.15) is 0 Å². The molecule has 140 valence electrons. The number of hydrogen-bond donors (Lipinski definition) is 2. The molecule has 2 aromatic rings. The third-order valence-corrected chi connectivity index (χ3v) is 5.53. The normalized spacial score (nSPS) is 24.1. The van der Waals surface area contributed by atoms with Crippen LogP contribution >= 0.6 is 12.4 Å². The zero-order valence-electron chi connectivity index (χ0n) is 14.9. The molecule has 2 N–H and O–H groups in total. The predicted octanol–water partition coefficient (Wildman–Crippen LogP) is 2.89. The Labute approximate surface area is 161 Å². The minimum absolute atomic E-state index is 0. The van der Waals surface area contributed by atoms with Crippen molar-refractivity contribution >= 4 is 18.3 Å². The summed E-state index contributed by atoms with van der Waals surface area (Å²) in [5, 5.41) is 11.0. The fraction of sp³-hybridized carbons (Fsp3) is 0.500. The molecule has 26 heavy (non-hydrogen) atoms. The van der Waals surface area contributed by atoms with Crippen LogP contribution in [0.1, 0.15) is 43.2 Å². The molecule has 0 radical (unpaired) electrons. The van der Waals surface area contributed by atoms with Crippen molar-refractivity contribution in [2.45, 2.75) is 57.3 Å². The van der Waals surface area contributed by atoms with E-state index in [1.54, 1.807) is 6.20 Å². The summed E-state index contributed by atoms with van der Waals surface area (Å²) in [5.41, 5.74) is 2.36. The number of benzene rings is 1. The molecule has 3 heterocycles. The lowest BCUT2D eigenvalue weighted by Gasteiger charge is -2.28. The van der Waals surface area contributed by atoms with Crippen molar-refractivity contribution < 1.29 is 4.79 Å². The van der Waals surface area contributed by atoms with E-state index in [4.69, 9.17) is 0 Å². The van der Waals surface area contributed by atoms with Gasteiger partial charge < -0.3 is 10.6 Å². The fourth-order valence-electron chi connectivity index (χ4n) is 4.32. The maximum atomic E-state index is 12.4. The van der Waals surface area contributed by atoms with Crippen molar-refractivity contribution in [3.05, 3.63) is 53.9 Å². The van der Waals surface area contributed by atoms with Gasteiger partial charge in [0.15, 0.2) is 0 Å². The first-order valence-electron chi connectivity index (χ1n) is 9.33. The van der Waals surface area contributed by atoms with Crippen LogP contribution < -0.4 is 10.6 Å². The molecular formula is C20H27ClN4O. The molecular weight excluding hydrogens is 348 g/mol. The molecule has 2 atom stereocenters. The highest BCUT2D eigenvalue weighted by Gasteiger charge is 2.34. The number of piperidine rings is 1. The lowest BCUT2D eigenvalue weighted by atomic mass is 9.89. The van der Waals surface area contributed by atoms with E-state index in [1.807, 2.05) is 29.1 Å². The number of hydrogen-bond acceptors (Lipinski definition) is 3. The lowest BCUT2D eigenvalue weighted by molar-refractivity contribution is -0.122. The number of halogens is 1. The van der Waals surface area contributed by atoms with E-state index in [0.29, 0.717) is 31.0 Å². The Morgan fingerprint density at radius 1 is 1.15 bits per heavy atom. The van der Waals surface area contributed by atoms with E-state index in [9.17, 15) is 4.79 Å². The maximum Gasteiger partial charge on any atom is 0.220 e. The third-order valence-electron chi connectivity index (χ3n) is 5.53. The Morgan fingerprint density at radius 3 is 2.58 bits per heavy atom. The molecule has 2 saturated heterocycles. The molecule has 2 aliphatic rings. The first-order chi connectivity index (χ1) is 12.3. The summed E-state index contributed by atoms with van der Waals surface area (Å²) in [6.45, 7) is 1.32. The van der Waals surface area contributed by atoms with Crippen LogP contribution in [-0.4, -0.2) is 27.8 Å². The lowest BCUT2D eigenvalue weighted by Crippen LogP contribution is -2.39. The van der Waals surface area contributed by atoms with Gasteiger partial charge in [-0.3, -0.25) is 9.48 Å². The van der Waals surface area contributed by atoms with Crippen LogP contribution in [0.5, 0.6) is 0 Å². The number of amides is 1. The summed E-state index contributed by atoms with van der Waals surface area (Å²) in [6.07, 6.45) is 9.28. The number of rotatable bonds is 6. The van der Waals surface area contributed by atoms with Gasteiger partial charge in [0.25, 0.3) is 0 Å². The SMILES string of the molecule is Cl.O=C(CC1CC2CCC(C1)N2)NCc1ccccc1Cn1cccn1. The maximum absolute atomic E-state index is 12.4. The smallest absolute Gasteiger partial charge is 0.220 e. The average molecular weight is 375 g/mol. The van der Waals surface area contributed by atoms with Crippen LogP contribution in [0.15, 0.2) is 42.7 Å². The van der Waals surface area contributed by atoms with Crippen LogP contribution in [0.25, 0.3) is 0 Å². The third kappa shape index (κ3) is 4.65. The van der Waals surface area contributed by atoms with E-state index >= 15 is 0 Å². The molecule has 1 aromatic carbocycles. The van der Waals surface area contributed by atoms with Crippen molar-refractivity contribution in [2.24, 2.45) is 5.92 Å². The van der Waals surface area contributed by atoms with E-state index in [0.717, 1.165) is 24.9 Å². The Bertz CT molecular complexity index is 706. The van der Waals surface area contributed by atoms with E-state index in [-0.39, 0.29) is 18.3 Å². The molecule has 0 saturated carbocycles. The Morgan fingerprint density at radius 2 is 1.88 bits per heavy atom. The number of nitrogens with one attached hydrogen (secondary N) is 2. The second kappa shape index (κ2) is 8.69. The summed E-state index contributed by atoms with van der Waals surface area (Å²) in [6, 6.07) is 11.5. The fourth-order valence-corrected chi connectivity index (χ4v) is 4.32. The van der Waals surface area contributed by atoms with Gasteiger partial charge in [0, 0.05) is 37.4 Å². The van der Waals surface area contributed by atoms with E-state index in [2.05, 4.69) is 27.9 Å². The van der Waals surface area contributed by atoms with Crippen molar-refractivity contribution in [2.75, 3.05) is 0 Å². The zero-order chi connectivity index (χ0) is 17.1. The van der Waals surface area contributed by atoms with Crippen molar-refractivity contribution in [3.8, 4) is 0 Å². The van der Waals surface area contributed by atoms with Gasteiger partial charge in [0.05, 0.1) is 6.54 Å². The monoisotopic (exact) mass is 374 g/mol. The minimum Gasteiger partial charge on any atom is -0.352 e. The highest BCUT2D eigenvalue weighted by Crippen LogP contribution is 2.32. The topological polar surface area (TPSA) is 59.0 Å².